The summed E-state index contributed by atoms with van der Waals surface area (Å²) in [6, 6.07) is 0. The van der Waals surface area contributed by atoms with Crippen LogP contribution in [0.3, 0.4) is 0 Å². The van der Waals surface area contributed by atoms with E-state index in [1.807, 2.05) is 0 Å². The molecule has 0 aromatic carbocycles. The molecule has 0 spiro atoms. The fourth-order valence-electron chi connectivity index (χ4n) is 3.55. The molecule has 0 atom stereocenters. The molecule has 0 amide bonds. The van der Waals surface area contributed by atoms with E-state index in [1.54, 1.807) is 0 Å². The molecule has 0 nitrogen and oxygen atoms in total. The van der Waals surface area contributed by atoms with Crippen molar-refractivity contribution < 1.29 is 0 Å². The molecule has 0 aliphatic heterocycles. The number of rotatable bonds is 3. The minimum atomic E-state index is 0.683. The van der Waals surface area contributed by atoms with Crippen LogP contribution in [0.15, 0.2) is 0 Å². The van der Waals surface area contributed by atoms with E-state index < -0.39 is 0 Å². The molecule has 0 bridgehead atoms. The molecule has 0 heterocycles. The third-order valence-corrected chi connectivity index (χ3v) is 6.39. The van der Waals surface area contributed by atoms with E-state index in [4.69, 9.17) is 11.1 Å². The van der Waals surface area contributed by atoms with Gasteiger partial charge in [0, 0.05) is 0 Å². The Balaban J connectivity index is 1.88. The summed E-state index contributed by atoms with van der Waals surface area (Å²) in [6.07, 6.45) is 14.7. The van der Waals surface area contributed by atoms with Gasteiger partial charge in [-0.1, -0.05) is 64.2 Å². The van der Waals surface area contributed by atoms with Gasteiger partial charge in [-0.05, 0) is 17.4 Å². The van der Waals surface area contributed by atoms with Gasteiger partial charge in [-0.25, -0.2) is 0 Å². The quantitative estimate of drug-likeness (QED) is 0.493. The lowest BCUT2D eigenvalue weighted by Gasteiger charge is -2.36. The van der Waals surface area contributed by atoms with Gasteiger partial charge < -0.3 is 0 Å². The summed E-state index contributed by atoms with van der Waals surface area (Å²) in [5.74, 6) is 1.97. The lowest BCUT2D eigenvalue weighted by atomic mass is 9.77. The SMILES string of the molecule is Cl[Si]C(C1CCCCC1)C1CCCCC1. The maximum Gasteiger partial charge on any atom is 0.175 e. The zero-order valence-electron chi connectivity index (χ0n) is 9.68. The monoisotopic (exact) mass is 242 g/mol. The van der Waals surface area contributed by atoms with Crippen molar-refractivity contribution in [1.82, 2.24) is 0 Å². The molecule has 2 saturated carbocycles. The van der Waals surface area contributed by atoms with Crippen molar-refractivity contribution in [3.05, 3.63) is 0 Å². The average Bonchev–Trinajstić information content (AvgIpc) is 2.33. The van der Waals surface area contributed by atoms with Gasteiger partial charge in [0.15, 0.2) is 8.83 Å². The van der Waals surface area contributed by atoms with Crippen LogP contribution in [0.25, 0.3) is 0 Å². The highest BCUT2D eigenvalue weighted by molar-refractivity contribution is 6.94. The first-order chi connectivity index (χ1) is 7.42. The Bertz CT molecular complexity index is 153. The van der Waals surface area contributed by atoms with Gasteiger partial charge in [0.05, 0.1) is 0 Å². The van der Waals surface area contributed by atoms with Crippen LogP contribution < -0.4 is 0 Å². The van der Waals surface area contributed by atoms with Crippen LogP contribution in [0.2, 0.25) is 5.54 Å². The molecule has 2 aliphatic rings. The summed E-state index contributed by atoms with van der Waals surface area (Å²) in [4.78, 5) is 0. The molecule has 0 aromatic rings. The molecular weight excluding hydrogens is 220 g/mol. The fraction of sp³-hybridized carbons (Fsp3) is 1.00. The van der Waals surface area contributed by atoms with E-state index in [0.717, 1.165) is 17.4 Å². The highest BCUT2D eigenvalue weighted by Gasteiger charge is 2.31. The maximum atomic E-state index is 6.26. The van der Waals surface area contributed by atoms with Crippen molar-refractivity contribution >= 4 is 19.9 Å². The minimum Gasteiger partial charge on any atom is -0.171 e. The zero-order chi connectivity index (χ0) is 10.5. The second-order valence-corrected chi connectivity index (χ2v) is 6.97. The van der Waals surface area contributed by atoms with E-state index in [2.05, 4.69) is 0 Å². The smallest absolute Gasteiger partial charge is 0.171 e. The van der Waals surface area contributed by atoms with Gasteiger partial charge in [0.2, 0.25) is 0 Å². The Hall–Kier alpha value is 0.507. The first kappa shape index (κ1) is 12.0. The summed E-state index contributed by atoms with van der Waals surface area (Å²) < 4.78 is 0. The number of halogens is 1. The third-order valence-electron chi connectivity index (χ3n) is 4.44. The molecule has 0 N–H and O–H groups in total. The molecule has 2 radical (unpaired) electrons. The van der Waals surface area contributed by atoms with Gasteiger partial charge in [0.1, 0.15) is 0 Å². The van der Waals surface area contributed by atoms with Crippen molar-refractivity contribution in [2.75, 3.05) is 0 Å². The van der Waals surface area contributed by atoms with Crippen molar-refractivity contribution in [2.45, 2.75) is 69.7 Å². The molecular formula is C13H23ClSi. The van der Waals surface area contributed by atoms with Gasteiger partial charge in [0.25, 0.3) is 0 Å². The van der Waals surface area contributed by atoms with Crippen molar-refractivity contribution in [3.63, 3.8) is 0 Å². The van der Waals surface area contributed by atoms with E-state index in [9.17, 15) is 0 Å². The van der Waals surface area contributed by atoms with E-state index in [0.29, 0.717) is 8.83 Å². The molecule has 86 valence electrons. The topological polar surface area (TPSA) is 0 Å². The van der Waals surface area contributed by atoms with Gasteiger partial charge >= 0.3 is 0 Å². The van der Waals surface area contributed by atoms with Crippen LogP contribution in [-0.2, 0) is 0 Å². The first-order valence-corrected chi connectivity index (χ1v) is 8.87. The first-order valence-electron chi connectivity index (χ1n) is 6.78. The molecule has 2 rings (SSSR count). The van der Waals surface area contributed by atoms with Crippen LogP contribution in [0, 0.1) is 11.8 Å². The third kappa shape index (κ3) is 3.23. The van der Waals surface area contributed by atoms with Gasteiger partial charge in [-0.3, -0.25) is 0 Å². The predicted octanol–water partition coefficient (Wildman–Crippen LogP) is 4.79. The second kappa shape index (κ2) is 6.29. The lowest BCUT2D eigenvalue weighted by Crippen LogP contribution is -2.25. The number of hydrogen-bond acceptors (Lipinski definition) is 0. The summed E-state index contributed by atoms with van der Waals surface area (Å²) in [7, 11) is 0.683. The predicted molar refractivity (Wildman–Crippen MR) is 68.5 cm³/mol. The van der Waals surface area contributed by atoms with Crippen molar-refractivity contribution in [3.8, 4) is 0 Å². The highest BCUT2D eigenvalue weighted by atomic mass is 35.6. The molecule has 0 aromatic heterocycles. The summed E-state index contributed by atoms with van der Waals surface area (Å²) >= 11 is 6.26. The standard InChI is InChI=1S/C13H23ClSi/c14-15-13(11-7-3-1-4-8-11)12-9-5-2-6-10-12/h11-13H,1-10H2. The molecule has 15 heavy (non-hydrogen) atoms. The molecule has 0 unspecified atom stereocenters. The normalized spacial score (nSPS) is 26.0. The van der Waals surface area contributed by atoms with E-state index >= 15 is 0 Å². The largest absolute Gasteiger partial charge is 0.175 e. The van der Waals surface area contributed by atoms with Crippen LogP contribution in [-0.4, -0.2) is 8.83 Å². The Labute approximate surface area is 102 Å². The lowest BCUT2D eigenvalue weighted by molar-refractivity contribution is 0.245. The Morgan fingerprint density at radius 3 is 1.47 bits per heavy atom. The Morgan fingerprint density at radius 1 is 0.733 bits per heavy atom. The zero-order valence-corrected chi connectivity index (χ0v) is 11.4. The number of hydrogen-bond donors (Lipinski definition) is 0. The second-order valence-electron chi connectivity index (χ2n) is 5.43. The molecule has 2 fully saturated rings. The van der Waals surface area contributed by atoms with Gasteiger partial charge in [-0.15, -0.1) is 0 Å². The van der Waals surface area contributed by atoms with Crippen LogP contribution in [0.5, 0.6) is 0 Å². The Kier molecular flexibility index (Phi) is 5.03. The summed E-state index contributed by atoms with van der Waals surface area (Å²) in [6.45, 7) is 0. The van der Waals surface area contributed by atoms with Crippen LogP contribution >= 0.6 is 11.1 Å². The molecule has 2 heteroatoms. The Morgan fingerprint density at radius 2 is 1.13 bits per heavy atom. The maximum absolute atomic E-state index is 6.26. The minimum absolute atomic E-state index is 0.683. The highest BCUT2D eigenvalue weighted by Crippen LogP contribution is 2.43. The average molecular weight is 243 g/mol. The fourth-order valence-corrected chi connectivity index (χ4v) is 5.64. The van der Waals surface area contributed by atoms with Crippen LogP contribution in [0.4, 0.5) is 0 Å². The summed E-state index contributed by atoms with van der Waals surface area (Å²) in [5, 5.41) is 0. The van der Waals surface area contributed by atoms with Crippen LogP contribution in [0.1, 0.15) is 64.2 Å². The van der Waals surface area contributed by atoms with Gasteiger partial charge in [-0.2, -0.15) is 11.1 Å². The molecule has 0 saturated heterocycles. The molecule has 2 aliphatic carbocycles. The van der Waals surface area contributed by atoms with Crippen molar-refractivity contribution in [2.24, 2.45) is 11.8 Å². The van der Waals surface area contributed by atoms with E-state index in [1.165, 1.54) is 64.2 Å². The summed E-state index contributed by atoms with van der Waals surface area (Å²) in [5.41, 5.74) is 0.882. The van der Waals surface area contributed by atoms with Crippen molar-refractivity contribution in [1.29, 1.82) is 0 Å². The van der Waals surface area contributed by atoms with E-state index in [-0.39, 0.29) is 0 Å².